The molecule has 1 heterocycles. The fourth-order valence-electron chi connectivity index (χ4n) is 2.20. The molecule has 3 rings (SSSR count). The molecule has 0 atom stereocenters. The van der Waals surface area contributed by atoms with Crippen LogP contribution in [0.3, 0.4) is 0 Å². The SMILES string of the molecule is O=[N+]([O-])/C(=C/c1ccc(-c2ccc(Cl)cc2)o1)c1ccc(Cl)cc1. The molecule has 24 heavy (non-hydrogen) atoms. The summed E-state index contributed by atoms with van der Waals surface area (Å²) >= 11 is 11.7. The molecule has 6 heteroatoms. The van der Waals surface area contributed by atoms with Crippen LogP contribution < -0.4 is 0 Å². The highest BCUT2D eigenvalue weighted by molar-refractivity contribution is 6.30. The van der Waals surface area contributed by atoms with Gasteiger partial charge >= 0.3 is 0 Å². The van der Waals surface area contributed by atoms with Gasteiger partial charge in [0.1, 0.15) is 11.5 Å². The summed E-state index contributed by atoms with van der Waals surface area (Å²) in [5.41, 5.74) is 1.23. The van der Waals surface area contributed by atoms with Crippen molar-refractivity contribution in [2.45, 2.75) is 0 Å². The van der Waals surface area contributed by atoms with E-state index in [1.54, 1.807) is 48.5 Å². The fourth-order valence-corrected chi connectivity index (χ4v) is 2.45. The van der Waals surface area contributed by atoms with E-state index < -0.39 is 4.92 Å². The van der Waals surface area contributed by atoms with Gasteiger partial charge in [0, 0.05) is 15.6 Å². The zero-order chi connectivity index (χ0) is 17.1. The van der Waals surface area contributed by atoms with Crippen molar-refractivity contribution < 1.29 is 9.34 Å². The van der Waals surface area contributed by atoms with Crippen molar-refractivity contribution in [3.05, 3.63) is 92.1 Å². The van der Waals surface area contributed by atoms with Gasteiger partial charge in [-0.05, 0) is 60.7 Å². The number of nitro groups is 1. The lowest BCUT2D eigenvalue weighted by Gasteiger charge is -1.99. The quantitative estimate of drug-likeness (QED) is 0.422. The predicted octanol–water partition coefficient (Wildman–Crippen LogP) is 6.03. The molecule has 0 aliphatic heterocycles. The van der Waals surface area contributed by atoms with Crippen LogP contribution in [0.1, 0.15) is 11.3 Å². The maximum Gasteiger partial charge on any atom is 0.280 e. The average molecular weight is 360 g/mol. The molecule has 0 saturated heterocycles. The van der Waals surface area contributed by atoms with Gasteiger partial charge < -0.3 is 4.42 Å². The van der Waals surface area contributed by atoms with Crippen LogP contribution >= 0.6 is 23.2 Å². The Morgan fingerprint density at radius 2 is 1.50 bits per heavy atom. The van der Waals surface area contributed by atoms with Crippen molar-refractivity contribution in [2.24, 2.45) is 0 Å². The standard InChI is InChI=1S/C18H11Cl2NO3/c19-14-5-1-12(2-6-14)17(21(22)23)11-16-9-10-18(24-16)13-3-7-15(20)8-4-13/h1-11H/b17-11+. The first kappa shape index (κ1) is 16.3. The molecule has 0 radical (unpaired) electrons. The Morgan fingerprint density at radius 3 is 2.08 bits per heavy atom. The van der Waals surface area contributed by atoms with Crippen LogP contribution in [-0.4, -0.2) is 4.92 Å². The van der Waals surface area contributed by atoms with E-state index in [1.807, 2.05) is 12.1 Å². The minimum Gasteiger partial charge on any atom is -0.456 e. The third-order valence-electron chi connectivity index (χ3n) is 3.37. The molecule has 0 bridgehead atoms. The Labute approximate surface area is 148 Å². The maximum atomic E-state index is 11.4. The van der Waals surface area contributed by atoms with E-state index in [9.17, 15) is 10.1 Å². The number of furan rings is 1. The van der Waals surface area contributed by atoms with Gasteiger partial charge in [-0.15, -0.1) is 0 Å². The van der Waals surface area contributed by atoms with Crippen molar-refractivity contribution in [3.63, 3.8) is 0 Å². The Balaban J connectivity index is 1.95. The molecule has 0 spiro atoms. The van der Waals surface area contributed by atoms with Crippen molar-refractivity contribution >= 4 is 35.0 Å². The summed E-state index contributed by atoms with van der Waals surface area (Å²) in [7, 11) is 0. The van der Waals surface area contributed by atoms with Crippen LogP contribution in [0.15, 0.2) is 65.1 Å². The highest BCUT2D eigenvalue weighted by Crippen LogP contribution is 2.27. The largest absolute Gasteiger partial charge is 0.456 e. The number of halogens is 2. The molecule has 1 aromatic heterocycles. The Bertz CT molecular complexity index is 897. The second-order valence-electron chi connectivity index (χ2n) is 5.00. The van der Waals surface area contributed by atoms with Crippen molar-refractivity contribution in [2.75, 3.05) is 0 Å². The average Bonchev–Trinajstić information content (AvgIpc) is 3.03. The van der Waals surface area contributed by atoms with E-state index >= 15 is 0 Å². The molecule has 0 amide bonds. The molecule has 0 aliphatic rings. The number of hydrogen-bond donors (Lipinski definition) is 0. The molecular weight excluding hydrogens is 349 g/mol. The van der Waals surface area contributed by atoms with Crippen LogP contribution in [0.5, 0.6) is 0 Å². The smallest absolute Gasteiger partial charge is 0.280 e. The summed E-state index contributed by atoms with van der Waals surface area (Å²) < 4.78 is 5.69. The molecule has 0 fully saturated rings. The summed E-state index contributed by atoms with van der Waals surface area (Å²) in [4.78, 5) is 10.9. The molecule has 4 nitrogen and oxygen atoms in total. The lowest BCUT2D eigenvalue weighted by molar-refractivity contribution is -0.374. The van der Waals surface area contributed by atoms with Gasteiger partial charge in [-0.3, -0.25) is 10.1 Å². The minimum absolute atomic E-state index is 0.0660. The van der Waals surface area contributed by atoms with Crippen LogP contribution in [0.4, 0.5) is 0 Å². The van der Waals surface area contributed by atoms with Crippen molar-refractivity contribution in [3.8, 4) is 11.3 Å². The third-order valence-corrected chi connectivity index (χ3v) is 3.88. The summed E-state index contributed by atoms with van der Waals surface area (Å²) in [6, 6.07) is 17.0. The summed E-state index contributed by atoms with van der Waals surface area (Å²) in [6.07, 6.45) is 1.39. The highest BCUT2D eigenvalue weighted by atomic mass is 35.5. The molecule has 0 saturated carbocycles. The predicted molar refractivity (Wildman–Crippen MR) is 95.5 cm³/mol. The zero-order valence-corrected chi connectivity index (χ0v) is 13.8. The number of hydrogen-bond acceptors (Lipinski definition) is 3. The molecule has 3 aromatic rings. The van der Waals surface area contributed by atoms with Crippen LogP contribution in [-0.2, 0) is 0 Å². The normalized spacial score (nSPS) is 11.5. The van der Waals surface area contributed by atoms with Crippen molar-refractivity contribution in [1.29, 1.82) is 0 Å². The van der Waals surface area contributed by atoms with Gasteiger partial charge in [0.15, 0.2) is 0 Å². The van der Waals surface area contributed by atoms with E-state index in [4.69, 9.17) is 27.6 Å². The molecule has 0 aliphatic carbocycles. The van der Waals surface area contributed by atoms with Gasteiger partial charge in [0.25, 0.3) is 5.70 Å². The Kier molecular flexibility index (Phi) is 4.69. The lowest BCUT2D eigenvalue weighted by atomic mass is 10.1. The minimum atomic E-state index is -0.451. The first-order chi connectivity index (χ1) is 11.5. The van der Waals surface area contributed by atoms with Gasteiger partial charge in [0.2, 0.25) is 0 Å². The Hall–Kier alpha value is -2.56. The molecule has 0 N–H and O–H groups in total. The summed E-state index contributed by atoms with van der Waals surface area (Å²) in [5.74, 6) is 0.998. The fraction of sp³-hybridized carbons (Fsp3) is 0. The van der Waals surface area contributed by atoms with Gasteiger partial charge in [-0.25, -0.2) is 0 Å². The van der Waals surface area contributed by atoms with E-state index in [1.165, 1.54) is 6.08 Å². The van der Waals surface area contributed by atoms with Crippen LogP contribution in [0, 0.1) is 10.1 Å². The number of rotatable bonds is 4. The molecular formula is C18H11Cl2NO3. The Morgan fingerprint density at radius 1 is 0.917 bits per heavy atom. The first-order valence-corrected chi connectivity index (χ1v) is 7.76. The van der Waals surface area contributed by atoms with Crippen molar-refractivity contribution in [1.82, 2.24) is 0 Å². The van der Waals surface area contributed by atoms with E-state index in [0.717, 1.165) is 5.56 Å². The topological polar surface area (TPSA) is 56.3 Å². The molecule has 0 unspecified atom stereocenters. The van der Waals surface area contributed by atoms with Gasteiger partial charge in [-0.1, -0.05) is 23.2 Å². The third kappa shape index (κ3) is 3.67. The molecule has 120 valence electrons. The second kappa shape index (κ2) is 6.91. The van der Waals surface area contributed by atoms with E-state index in [2.05, 4.69) is 0 Å². The second-order valence-corrected chi connectivity index (χ2v) is 5.88. The van der Waals surface area contributed by atoms with E-state index in [0.29, 0.717) is 27.1 Å². The van der Waals surface area contributed by atoms with Gasteiger partial charge in [0.05, 0.1) is 16.6 Å². The monoisotopic (exact) mass is 359 g/mol. The number of benzene rings is 2. The summed E-state index contributed by atoms with van der Waals surface area (Å²) in [6.45, 7) is 0. The van der Waals surface area contributed by atoms with Crippen LogP contribution in [0.25, 0.3) is 23.1 Å². The van der Waals surface area contributed by atoms with E-state index in [-0.39, 0.29) is 5.70 Å². The first-order valence-electron chi connectivity index (χ1n) is 7.01. The summed E-state index contributed by atoms with van der Waals surface area (Å²) in [5, 5.41) is 12.5. The zero-order valence-electron chi connectivity index (χ0n) is 12.3. The lowest BCUT2D eigenvalue weighted by Crippen LogP contribution is -1.97. The highest BCUT2D eigenvalue weighted by Gasteiger charge is 2.15. The molecule has 2 aromatic carbocycles. The van der Waals surface area contributed by atoms with Gasteiger partial charge in [-0.2, -0.15) is 0 Å². The van der Waals surface area contributed by atoms with Crippen LogP contribution in [0.2, 0.25) is 10.0 Å². The number of nitrogens with zero attached hydrogens (tertiary/aromatic N) is 1. The maximum absolute atomic E-state index is 11.4.